The first-order valence-electron chi connectivity index (χ1n) is 8.13. The average molecular weight is 347 g/mol. The first kappa shape index (κ1) is 16.8. The minimum atomic E-state index is -1.04. The molecule has 1 aliphatic rings. The van der Waals surface area contributed by atoms with Crippen molar-refractivity contribution >= 4 is 16.7 Å². The molecule has 1 aromatic carbocycles. The van der Waals surface area contributed by atoms with Crippen LogP contribution in [0.25, 0.3) is 0 Å². The number of carbonyl (C=O) groups is 1. The SMILES string of the molecule is CCc1nc([C@@H]2CCCN(C(=O)c3ccc([S@@](C)=O)cc3)C2)no1. The largest absolute Gasteiger partial charge is 0.339 e. The summed E-state index contributed by atoms with van der Waals surface area (Å²) in [5, 5.41) is 4.05. The fraction of sp³-hybridized carbons (Fsp3) is 0.471. The van der Waals surface area contributed by atoms with Gasteiger partial charge in [-0.2, -0.15) is 4.98 Å². The van der Waals surface area contributed by atoms with E-state index < -0.39 is 10.8 Å². The summed E-state index contributed by atoms with van der Waals surface area (Å²) >= 11 is 0. The van der Waals surface area contributed by atoms with Gasteiger partial charge in [0, 0.05) is 52.9 Å². The Balaban J connectivity index is 1.71. The molecule has 1 aliphatic heterocycles. The molecule has 2 heterocycles. The van der Waals surface area contributed by atoms with E-state index in [1.165, 1.54) is 0 Å². The average Bonchev–Trinajstić information content (AvgIpc) is 3.10. The number of likely N-dealkylation sites (tertiary alicyclic amines) is 1. The minimum Gasteiger partial charge on any atom is -0.339 e. The highest BCUT2D eigenvalue weighted by atomic mass is 32.2. The molecule has 1 saturated heterocycles. The smallest absolute Gasteiger partial charge is 0.253 e. The predicted molar refractivity (Wildman–Crippen MR) is 90.3 cm³/mol. The molecule has 1 amide bonds. The third-order valence-electron chi connectivity index (χ3n) is 4.29. The predicted octanol–water partition coefficient (Wildman–Crippen LogP) is 2.39. The molecule has 0 saturated carbocycles. The van der Waals surface area contributed by atoms with Crippen LogP contribution in [0.3, 0.4) is 0 Å². The lowest BCUT2D eigenvalue weighted by Crippen LogP contribution is -2.39. The maximum absolute atomic E-state index is 12.7. The number of amides is 1. The minimum absolute atomic E-state index is 0.00709. The molecule has 0 N–H and O–H groups in total. The zero-order chi connectivity index (χ0) is 17.1. The van der Waals surface area contributed by atoms with Crippen LogP contribution in [0.4, 0.5) is 0 Å². The molecule has 128 valence electrons. The van der Waals surface area contributed by atoms with Crippen LogP contribution in [0.2, 0.25) is 0 Å². The summed E-state index contributed by atoms with van der Waals surface area (Å²) in [6, 6.07) is 6.98. The Labute approximate surface area is 143 Å². The van der Waals surface area contributed by atoms with Gasteiger partial charge >= 0.3 is 0 Å². The monoisotopic (exact) mass is 347 g/mol. The Morgan fingerprint density at radius 1 is 1.38 bits per heavy atom. The van der Waals surface area contributed by atoms with Crippen LogP contribution in [-0.4, -0.2) is 44.5 Å². The van der Waals surface area contributed by atoms with E-state index in [9.17, 15) is 9.00 Å². The summed E-state index contributed by atoms with van der Waals surface area (Å²) in [7, 11) is -1.04. The number of aromatic nitrogens is 2. The van der Waals surface area contributed by atoms with E-state index in [0.29, 0.717) is 30.2 Å². The molecule has 3 rings (SSSR count). The second-order valence-electron chi connectivity index (χ2n) is 5.97. The fourth-order valence-corrected chi connectivity index (χ4v) is 3.44. The van der Waals surface area contributed by atoms with Gasteiger partial charge in [0.1, 0.15) is 0 Å². The van der Waals surface area contributed by atoms with Crippen LogP contribution in [0, 0.1) is 0 Å². The molecule has 0 radical (unpaired) electrons. The Morgan fingerprint density at radius 3 is 2.75 bits per heavy atom. The lowest BCUT2D eigenvalue weighted by molar-refractivity contribution is 0.0703. The fourth-order valence-electron chi connectivity index (χ4n) is 2.92. The quantitative estimate of drug-likeness (QED) is 0.849. The summed E-state index contributed by atoms with van der Waals surface area (Å²) in [5.41, 5.74) is 0.618. The maximum Gasteiger partial charge on any atom is 0.253 e. The molecule has 7 heteroatoms. The Hall–Kier alpha value is -2.02. The highest BCUT2D eigenvalue weighted by Gasteiger charge is 2.28. The maximum atomic E-state index is 12.7. The van der Waals surface area contributed by atoms with E-state index in [2.05, 4.69) is 10.1 Å². The Bertz CT molecular complexity index is 742. The highest BCUT2D eigenvalue weighted by molar-refractivity contribution is 7.84. The van der Waals surface area contributed by atoms with Crippen molar-refractivity contribution in [3.05, 3.63) is 41.5 Å². The van der Waals surface area contributed by atoms with Crippen molar-refractivity contribution in [2.45, 2.75) is 37.0 Å². The normalized spacial score (nSPS) is 19.2. The number of aryl methyl sites for hydroxylation is 1. The molecule has 24 heavy (non-hydrogen) atoms. The number of nitrogens with zero attached hydrogens (tertiary/aromatic N) is 3. The zero-order valence-electron chi connectivity index (χ0n) is 13.9. The number of rotatable bonds is 4. The van der Waals surface area contributed by atoms with E-state index in [0.717, 1.165) is 24.3 Å². The van der Waals surface area contributed by atoms with Crippen molar-refractivity contribution in [2.24, 2.45) is 0 Å². The van der Waals surface area contributed by atoms with E-state index in [-0.39, 0.29) is 11.8 Å². The van der Waals surface area contributed by atoms with Gasteiger partial charge in [-0.05, 0) is 37.1 Å². The first-order valence-corrected chi connectivity index (χ1v) is 9.69. The molecule has 1 aromatic heterocycles. The van der Waals surface area contributed by atoms with Gasteiger partial charge in [0.2, 0.25) is 5.89 Å². The van der Waals surface area contributed by atoms with Crippen molar-refractivity contribution in [2.75, 3.05) is 19.3 Å². The second-order valence-corrected chi connectivity index (χ2v) is 7.35. The van der Waals surface area contributed by atoms with Crippen molar-refractivity contribution in [3.63, 3.8) is 0 Å². The molecule has 0 bridgehead atoms. The first-order chi connectivity index (χ1) is 11.6. The van der Waals surface area contributed by atoms with Crippen LogP contribution in [0.1, 0.15) is 47.8 Å². The summed E-state index contributed by atoms with van der Waals surface area (Å²) in [5.74, 6) is 1.44. The lowest BCUT2D eigenvalue weighted by atomic mass is 9.96. The number of piperidine rings is 1. The second kappa shape index (κ2) is 7.25. The number of benzene rings is 1. The Kier molecular flexibility index (Phi) is 5.08. The summed E-state index contributed by atoms with van der Waals surface area (Å²) in [6.45, 7) is 3.30. The van der Waals surface area contributed by atoms with Crippen molar-refractivity contribution in [3.8, 4) is 0 Å². The van der Waals surface area contributed by atoms with Crippen molar-refractivity contribution < 1.29 is 13.5 Å². The van der Waals surface area contributed by atoms with Gasteiger partial charge in [-0.25, -0.2) is 0 Å². The summed E-state index contributed by atoms with van der Waals surface area (Å²) in [6.07, 6.45) is 4.22. The number of carbonyl (C=O) groups excluding carboxylic acids is 1. The van der Waals surface area contributed by atoms with Gasteiger partial charge in [0.25, 0.3) is 5.91 Å². The molecular formula is C17H21N3O3S. The van der Waals surface area contributed by atoms with Gasteiger partial charge in [-0.3, -0.25) is 9.00 Å². The van der Waals surface area contributed by atoms with Crippen LogP contribution >= 0.6 is 0 Å². The third kappa shape index (κ3) is 3.56. The van der Waals surface area contributed by atoms with Crippen LogP contribution in [0.15, 0.2) is 33.7 Å². The zero-order valence-corrected chi connectivity index (χ0v) is 14.7. The molecule has 0 spiro atoms. The van der Waals surface area contributed by atoms with Crippen molar-refractivity contribution in [1.82, 2.24) is 15.0 Å². The highest BCUT2D eigenvalue weighted by Crippen LogP contribution is 2.26. The van der Waals surface area contributed by atoms with Crippen LogP contribution in [-0.2, 0) is 17.2 Å². The van der Waals surface area contributed by atoms with Crippen LogP contribution in [0.5, 0.6) is 0 Å². The van der Waals surface area contributed by atoms with Crippen LogP contribution < -0.4 is 0 Å². The van der Waals surface area contributed by atoms with Gasteiger partial charge in [-0.1, -0.05) is 12.1 Å². The van der Waals surface area contributed by atoms with E-state index >= 15 is 0 Å². The van der Waals surface area contributed by atoms with E-state index in [1.807, 2.05) is 11.8 Å². The molecule has 2 atom stereocenters. The van der Waals surface area contributed by atoms with Gasteiger partial charge in [-0.15, -0.1) is 0 Å². The van der Waals surface area contributed by atoms with Gasteiger partial charge in [0.05, 0.1) is 0 Å². The molecule has 1 fully saturated rings. The summed E-state index contributed by atoms with van der Waals surface area (Å²) in [4.78, 5) is 19.7. The Morgan fingerprint density at radius 2 is 2.12 bits per heavy atom. The number of hydrogen-bond acceptors (Lipinski definition) is 5. The molecule has 6 nitrogen and oxygen atoms in total. The molecule has 0 aliphatic carbocycles. The third-order valence-corrected chi connectivity index (χ3v) is 5.23. The van der Waals surface area contributed by atoms with Gasteiger partial charge < -0.3 is 9.42 Å². The lowest BCUT2D eigenvalue weighted by Gasteiger charge is -2.31. The molecule has 0 unspecified atom stereocenters. The topological polar surface area (TPSA) is 76.3 Å². The molecular weight excluding hydrogens is 326 g/mol. The summed E-state index contributed by atoms with van der Waals surface area (Å²) < 4.78 is 16.6. The van der Waals surface area contributed by atoms with E-state index in [1.54, 1.807) is 30.5 Å². The van der Waals surface area contributed by atoms with Gasteiger partial charge in [0.15, 0.2) is 5.82 Å². The van der Waals surface area contributed by atoms with Crippen molar-refractivity contribution in [1.29, 1.82) is 0 Å². The number of hydrogen-bond donors (Lipinski definition) is 0. The standard InChI is InChI=1S/C17H21N3O3S/c1-3-15-18-16(19-23-15)13-5-4-10-20(11-13)17(21)12-6-8-14(9-7-12)24(2)22/h6-9,13H,3-5,10-11H2,1-2H3/t13-,24-/m1/s1. The van der Waals surface area contributed by atoms with E-state index in [4.69, 9.17) is 4.52 Å². The molecule has 2 aromatic rings.